The molecule has 1 N–H and O–H groups in total. The van der Waals surface area contributed by atoms with Gasteiger partial charge in [0.15, 0.2) is 0 Å². The largest absolute Gasteiger partial charge is 0.392 e. The Kier molecular flexibility index (Phi) is 3.06. The number of hydrogen-bond donors (Lipinski definition) is 1. The maximum atomic E-state index is 9.58. The lowest BCUT2D eigenvalue weighted by Crippen LogP contribution is -2.35. The second-order valence-electron chi connectivity index (χ2n) is 4.96. The fourth-order valence-electron chi connectivity index (χ4n) is 1.90. The van der Waals surface area contributed by atoms with E-state index in [-0.39, 0.29) is 11.5 Å². The Labute approximate surface area is 80.1 Å². The number of alkyl halides is 1. The van der Waals surface area contributed by atoms with E-state index in [0.717, 1.165) is 19.3 Å². The van der Waals surface area contributed by atoms with E-state index in [1.165, 1.54) is 0 Å². The van der Waals surface area contributed by atoms with Gasteiger partial charge in [-0.15, -0.1) is 11.6 Å². The monoisotopic (exact) mass is 190 g/mol. The number of aliphatic hydroxyl groups excluding tert-OH is 1. The third-order valence-corrected chi connectivity index (χ3v) is 3.47. The van der Waals surface area contributed by atoms with E-state index in [2.05, 4.69) is 20.8 Å². The summed E-state index contributed by atoms with van der Waals surface area (Å²) >= 11 is 5.93. The van der Waals surface area contributed by atoms with Gasteiger partial charge in [-0.05, 0) is 30.6 Å². The molecule has 0 aliphatic heterocycles. The first-order valence-electron chi connectivity index (χ1n) is 4.73. The summed E-state index contributed by atoms with van der Waals surface area (Å²) in [6.45, 7) is 6.71. The van der Waals surface area contributed by atoms with Crippen molar-refractivity contribution in [2.75, 3.05) is 0 Å². The molecule has 1 saturated carbocycles. The van der Waals surface area contributed by atoms with Crippen molar-refractivity contribution in [2.45, 2.75) is 51.5 Å². The Morgan fingerprint density at radius 2 is 1.83 bits per heavy atom. The predicted octanol–water partition coefficient (Wildman–Crippen LogP) is 2.80. The van der Waals surface area contributed by atoms with Gasteiger partial charge < -0.3 is 5.11 Å². The summed E-state index contributed by atoms with van der Waals surface area (Å²) in [5, 5.41) is 9.57. The summed E-state index contributed by atoms with van der Waals surface area (Å²) in [6, 6.07) is 0. The van der Waals surface area contributed by atoms with Crippen molar-refractivity contribution in [3.63, 3.8) is 0 Å². The van der Waals surface area contributed by atoms with Gasteiger partial charge in [-0.25, -0.2) is 0 Å². The standard InChI is InChI=1S/C10H19ClO/c1-10(2,3)7-4-5-8(11)9(12)6-7/h7-9,12H,4-6H2,1-3H3/t7-,8?,9?/m1/s1. The van der Waals surface area contributed by atoms with Gasteiger partial charge in [-0.2, -0.15) is 0 Å². The SMILES string of the molecule is CC(C)(C)[C@@H]1CCC(Cl)C(O)C1. The van der Waals surface area contributed by atoms with E-state index in [4.69, 9.17) is 11.6 Å². The first-order valence-corrected chi connectivity index (χ1v) is 5.17. The first kappa shape index (κ1) is 10.3. The van der Waals surface area contributed by atoms with Crippen LogP contribution in [-0.2, 0) is 0 Å². The normalized spacial score (nSPS) is 38.2. The van der Waals surface area contributed by atoms with Crippen LogP contribution in [-0.4, -0.2) is 16.6 Å². The molecule has 2 unspecified atom stereocenters. The van der Waals surface area contributed by atoms with Crippen LogP contribution in [0.4, 0.5) is 0 Å². The molecule has 0 aromatic carbocycles. The lowest BCUT2D eigenvalue weighted by atomic mass is 9.71. The molecule has 0 spiro atoms. The molecule has 0 radical (unpaired) electrons. The van der Waals surface area contributed by atoms with Crippen molar-refractivity contribution in [3.05, 3.63) is 0 Å². The zero-order valence-electron chi connectivity index (χ0n) is 8.18. The number of hydrogen-bond acceptors (Lipinski definition) is 1. The van der Waals surface area contributed by atoms with Crippen LogP contribution >= 0.6 is 11.6 Å². The maximum Gasteiger partial charge on any atom is 0.0706 e. The summed E-state index contributed by atoms with van der Waals surface area (Å²) in [4.78, 5) is 0. The lowest BCUT2D eigenvalue weighted by molar-refractivity contribution is 0.0619. The summed E-state index contributed by atoms with van der Waals surface area (Å²) < 4.78 is 0. The van der Waals surface area contributed by atoms with E-state index in [1.54, 1.807) is 0 Å². The number of rotatable bonds is 0. The average Bonchev–Trinajstić information content (AvgIpc) is 1.92. The Morgan fingerprint density at radius 1 is 1.25 bits per heavy atom. The van der Waals surface area contributed by atoms with Crippen LogP contribution in [0.25, 0.3) is 0 Å². The van der Waals surface area contributed by atoms with Gasteiger partial charge in [0.2, 0.25) is 0 Å². The second kappa shape index (κ2) is 3.55. The molecule has 1 nitrogen and oxygen atoms in total. The fourth-order valence-corrected chi connectivity index (χ4v) is 2.13. The van der Waals surface area contributed by atoms with Crippen LogP contribution in [0.5, 0.6) is 0 Å². The van der Waals surface area contributed by atoms with Crippen LogP contribution < -0.4 is 0 Å². The van der Waals surface area contributed by atoms with Crippen molar-refractivity contribution in [1.29, 1.82) is 0 Å². The molecule has 0 aromatic rings. The van der Waals surface area contributed by atoms with E-state index < -0.39 is 0 Å². The number of aliphatic hydroxyl groups is 1. The quantitative estimate of drug-likeness (QED) is 0.583. The molecule has 0 heterocycles. The van der Waals surface area contributed by atoms with Gasteiger partial charge in [0.25, 0.3) is 0 Å². The minimum Gasteiger partial charge on any atom is -0.392 e. The highest BCUT2D eigenvalue weighted by molar-refractivity contribution is 6.21. The molecule has 0 bridgehead atoms. The lowest BCUT2D eigenvalue weighted by Gasteiger charge is -2.37. The van der Waals surface area contributed by atoms with Crippen molar-refractivity contribution in [1.82, 2.24) is 0 Å². The van der Waals surface area contributed by atoms with E-state index in [0.29, 0.717) is 11.3 Å². The van der Waals surface area contributed by atoms with Crippen molar-refractivity contribution in [3.8, 4) is 0 Å². The highest BCUT2D eigenvalue weighted by Gasteiger charge is 2.33. The van der Waals surface area contributed by atoms with E-state index in [9.17, 15) is 5.11 Å². The third kappa shape index (κ3) is 2.37. The van der Waals surface area contributed by atoms with Gasteiger partial charge in [0, 0.05) is 0 Å². The molecule has 3 atom stereocenters. The summed E-state index contributed by atoms with van der Waals surface area (Å²) in [5.74, 6) is 0.627. The van der Waals surface area contributed by atoms with E-state index >= 15 is 0 Å². The molecule has 1 aliphatic rings. The summed E-state index contributed by atoms with van der Waals surface area (Å²) in [6.07, 6.45) is 2.71. The van der Waals surface area contributed by atoms with Crippen molar-refractivity contribution < 1.29 is 5.11 Å². The van der Waals surface area contributed by atoms with Gasteiger partial charge in [-0.1, -0.05) is 20.8 Å². The smallest absolute Gasteiger partial charge is 0.0706 e. The van der Waals surface area contributed by atoms with Crippen LogP contribution in [0.2, 0.25) is 0 Å². The molecule has 0 aromatic heterocycles. The topological polar surface area (TPSA) is 20.2 Å². The first-order chi connectivity index (χ1) is 5.41. The molecule has 12 heavy (non-hydrogen) atoms. The van der Waals surface area contributed by atoms with Gasteiger partial charge in [-0.3, -0.25) is 0 Å². The molecular formula is C10H19ClO. The Hall–Kier alpha value is 0.250. The van der Waals surface area contributed by atoms with Gasteiger partial charge in [0.1, 0.15) is 0 Å². The summed E-state index contributed by atoms with van der Waals surface area (Å²) in [5.41, 5.74) is 0.317. The molecule has 0 amide bonds. The van der Waals surface area contributed by atoms with Crippen molar-refractivity contribution >= 4 is 11.6 Å². The maximum absolute atomic E-state index is 9.58. The third-order valence-electron chi connectivity index (χ3n) is 2.96. The van der Waals surface area contributed by atoms with Crippen molar-refractivity contribution in [2.24, 2.45) is 11.3 Å². The van der Waals surface area contributed by atoms with Gasteiger partial charge in [0.05, 0.1) is 11.5 Å². The highest BCUT2D eigenvalue weighted by Crippen LogP contribution is 2.39. The Balaban J connectivity index is 2.51. The van der Waals surface area contributed by atoms with Crippen LogP contribution in [0.1, 0.15) is 40.0 Å². The minimum absolute atomic E-state index is 0.0106. The van der Waals surface area contributed by atoms with E-state index in [1.807, 2.05) is 0 Å². The van der Waals surface area contributed by atoms with Gasteiger partial charge >= 0.3 is 0 Å². The Bertz CT molecular complexity index is 150. The van der Waals surface area contributed by atoms with Crippen LogP contribution in [0, 0.1) is 11.3 Å². The number of halogens is 1. The molecule has 1 fully saturated rings. The Morgan fingerprint density at radius 3 is 2.25 bits per heavy atom. The highest BCUT2D eigenvalue weighted by atomic mass is 35.5. The second-order valence-corrected chi connectivity index (χ2v) is 5.52. The minimum atomic E-state index is -0.287. The van der Waals surface area contributed by atoms with Crippen LogP contribution in [0.3, 0.4) is 0 Å². The zero-order valence-corrected chi connectivity index (χ0v) is 8.93. The molecular weight excluding hydrogens is 172 g/mol. The molecule has 1 rings (SSSR count). The summed E-state index contributed by atoms with van der Waals surface area (Å²) in [7, 11) is 0. The fraction of sp³-hybridized carbons (Fsp3) is 1.00. The van der Waals surface area contributed by atoms with Crippen LogP contribution in [0.15, 0.2) is 0 Å². The predicted molar refractivity (Wildman–Crippen MR) is 52.4 cm³/mol. The zero-order chi connectivity index (χ0) is 9.35. The molecule has 72 valence electrons. The molecule has 1 aliphatic carbocycles. The molecule has 0 saturated heterocycles. The molecule has 2 heteroatoms. The average molecular weight is 191 g/mol.